The summed E-state index contributed by atoms with van der Waals surface area (Å²) in [5.74, 6) is -0.628. The van der Waals surface area contributed by atoms with Crippen molar-refractivity contribution in [1.82, 2.24) is 4.57 Å². The van der Waals surface area contributed by atoms with E-state index in [-0.39, 0.29) is 28.7 Å². The van der Waals surface area contributed by atoms with Crippen LogP contribution in [-0.4, -0.2) is 29.6 Å². The molecule has 0 aliphatic rings. The molecule has 0 unspecified atom stereocenters. The predicted octanol–water partition coefficient (Wildman–Crippen LogP) is 3.46. The van der Waals surface area contributed by atoms with Crippen LogP contribution in [0.2, 0.25) is 0 Å². The fraction of sp³-hybridized carbons (Fsp3) is 0.190. The first-order chi connectivity index (χ1) is 13.6. The summed E-state index contributed by atoms with van der Waals surface area (Å²) in [5.41, 5.74) is 0.821. The number of anilines is 1. The van der Waals surface area contributed by atoms with Crippen molar-refractivity contribution in [2.24, 2.45) is 0 Å². The van der Waals surface area contributed by atoms with Gasteiger partial charge in [-0.2, -0.15) is 5.26 Å². The van der Waals surface area contributed by atoms with Gasteiger partial charge in [0.25, 0.3) is 5.91 Å². The van der Waals surface area contributed by atoms with E-state index in [2.05, 4.69) is 0 Å². The van der Waals surface area contributed by atoms with E-state index >= 15 is 0 Å². The molecule has 0 bridgehead atoms. The topological polar surface area (TPSA) is 88.5 Å². The Morgan fingerprint density at radius 1 is 1.18 bits per heavy atom. The lowest BCUT2D eigenvalue weighted by Crippen LogP contribution is -2.34. The summed E-state index contributed by atoms with van der Waals surface area (Å²) in [4.78, 5) is 26.6. The van der Waals surface area contributed by atoms with Gasteiger partial charge in [-0.15, -0.1) is 0 Å². The first-order valence-corrected chi connectivity index (χ1v) is 8.76. The highest BCUT2D eigenvalue weighted by molar-refractivity contribution is 5.98. The van der Waals surface area contributed by atoms with Gasteiger partial charge in [-0.3, -0.25) is 9.36 Å². The number of carbonyl (C=O) groups is 2. The first-order valence-electron chi connectivity index (χ1n) is 8.76. The molecule has 1 aromatic carbocycles. The SMILES string of the molecule is CCN(C(=O)COC(=O)c1c(C)oc(-n2cccc2)c1C#N)c1ccccc1. The smallest absolute Gasteiger partial charge is 0.343 e. The van der Waals surface area contributed by atoms with Gasteiger partial charge in [0.05, 0.1) is 0 Å². The van der Waals surface area contributed by atoms with Gasteiger partial charge >= 0.3 is 5.97 Å². The second-order valence-electron chi connectivity index (χ2n) is 5.97. The molecule has 0 radical (unpaired) electrons. The molecule has 3 rings (SSSR count). The molecule has 28 heavy (non-hydrogen) atoms. The number of likely N-dealkylation sites (N-methyl/N-ethyl adjacent to an activating group) is 1. The monoisotopic (exact) mass is 377 g/mol. The van der Waals surface area contributed by atoms with Crippen molar-refractivity contribution in [1.29, 1.82) is 5.26 Å². The van der Waals surface area contributed by atoms with E-state index in [1.54, 1.807) is 48.1 Å². The minimum atomic E-state index is -0.770. The van der Waals surface area contributed by atoms with Crippen LogP contribution < -0.4 is 4.90 Å². The molecule has 3 aromatic rings. The van der Waals surface area contributed by atoms with E-state index in [4.69, 9.17) is 9.15 Å². The van der Waals surface area contributed by atoms with Gasteiger partial charge in [0.15, 0.2) is 6.61 Å². The van der Waals surface area contributed by atoms with E-state index < -0.39 is 12.6 Å². The number of para-hydroxylation sites is 1. The van der Waals surface area contributed by atoms with Crippen molar-refractivity contribution < 1.29 is 18.7 Å². The number of nitrogens with zero attached hydrogens (tertiary/aromatic N) is 3. The van der Waals surface area contributed by atoms with Gasteiger partial charge < -0.3 is 14.1 Å². The summed E-state index contributed by atoms with van der Waals surface area (Å²) in [6.45, 7) is 3.42. The summed E-state index contributed by atoms with van der Waals surface area (Å²) < 4.78 is 12.4. The molecule has 0 aliphatic carbocycles. The average molecular weight is 377 g/mol. The lowest BCUT2D eigenvalue weighted by molar-refractivity contribution is -0.121. The number of nitriles is 1. The Balaban J connectivity index is 1.77. The maximum absolute atomic E-state index is 12.6. The molecule has 0 N–H and O–H groups in total. The van der Waals surface area contributed by atoms with Crippen molar-refractivity contribution in [2.75, 3.05) is 18.1 Å². The molecule has 0 spiro atoms. The number of hydrogen-bond acceptors (Lipinski definition) is 5. The van der Waals surface area contributed by atoms with Gasteiger partial charge in [-0.25, -0.2) is 4.79 Å². The second kappa shape index (κ2) is 8.27. The molecule has 7 heteroatoms. The first kappa shape index (κ1) is 19.0. The van der Waals surface area contributed by atoms with Gasteiger partial charge in [0.1, 0.15) is 23.0 Å². The lowest BCUT2D eigenvalue weighted by atomic mass is 10.1. The molecule has 2 aromatic heterocycles. The Bertz CT molecular complexity index is 1010. The van der Waals surface area contributed by atoms with Crippen LogP contribution in [0.3, 0.4) is 0 Å². The molecular weight excluding hydrogens is 358 g/mol. The molecule has 0 atom stereocenters. The summed E-state index contributed by atoms with van der Waals surface area (Å²) in [6, 6.07) is 14.7. The van der Waals surface area contributed by atoms with Crippen LogP contribution in [0.15, 0.2) is 59.3 Å². The van der Waals surface area contributed by atoms with Crippen LogP contribution in [0.4, 0.5) is 5.69 Å². The van der Waals surface area contributed by atoms with Gasteiger partial charge in [0, 0.05) is 24.6 Å². The number of furan rings is 1. The molecule has 0 aliphatic heterocycles. The molecule has 0 saturated heterocycles. The second-order valence-corrected chi connectivity index (χ2v) is 5.97. The van der Waals surface area contributed by atoms with Crippen LogP contribution in [0.5, 0.6) is 0 Å². The van der Waals surface area contributed by atoms with E-state index in [0.717, 1.165) is 5.69 Å². The zero-order valence-electron chi connectivity index (χ0n) is 15.6. The third kappa shape index (κ3) is 3.67. The molecule has 142 valence electrons. The minimum Gasteiger partial charge on any atom is -0.452 e. The number of hydrogen-bond donors (Lipinski definition) is 0. The maximum atomic E-state index is 12.6. The van der Waals surface area contributed by atoms with Crippen LogP contribution in [0.1, 0.15) is 28.6 Å². The Kier molecular flexibility index (Phi) is 5.61. The van der Waals surface area contributed by atoms with Crippen LogP contribution in [0, 0.1) is 18.3 Å². The van der Waals surface area contributed by atoms with Gasteiger partial charge in [-0.1, -0.05) is 18.2 Å². The van der Waals surface area contributed by atoms with Crippen LogP contribution in [-0.2, 0) is 9.53 Å². The third-order valence-corrected chi connectivity index (χ3v) is 4.23. The Labute approximate surface area is 162 Å². The summed E-state index contributed by atoms with van der Waals surface area (Å²) in [7, 11) is 0. The number of ether oxygens (including phenoxy) is 1. The lowest BCUT2D eigenvalue weighted by Gasteiger charge is -2.20. The van der Waals surface area contributed by atoms with Crippen molar-refractivity contribution >= 4 is 17.6 Å². The fourth-order valence-electron chi connectivity index (χ4n) is 2.92. The highest BCUT2D eigenvalue weighted by atomic mass is 16.5. The quantitative estimate of drug-likeness (QED) is 0.614. The molecule has 0 saturated carbocycles. The Morgan fingerprint density at radius 2 is 1.86 bits per heavy atom. The zero-order valence-corrected chi connectivity index (χ0v) is 15.6. The van der Waals surface area contributed by atoms with Crippen molar-refractivity contribution in [2.45, 2.75) is 13.8 Å². The van der Waals surface area contributed by atoms with Crippen molar-refractivity contribution in [3.63, 3.8) is 0 Å². The average Bonchev–Trinajstić information content (AvgIpc) is 3.35. The van der Waals surface area contributed by atoms with E-state index in [1.807, 2.05) is 31.2 Å². The summed E-state index contributed by atoms with van der Waals surface area (Å²) in [6.07, 6.45) is 3.41. The summed E-state index contributed by atoms with van der Waals surface area (Å²) in [5, 5.41) is 9.51. The van der Waals surface area contributed by atoms with E-state index in [1.165, 1.54) is 4.90 Å². The number of rotatable bonds is 6. The van der Waals surface area contributed by atoms with E-state index in [9.17, 15) is 14.9 Å². The molecule has 0 fully saturated rings. The van der Waals surface area contributed by atoms with Crippen molar-refractivity contribution in [3.8, 4) is 12.0 Å². The summed E-state index contributed by atoms with van der Waals surface area (Å²) >= 11 is 0. The van der Waals surface area contributed by atoms with Gasteiger partial charge in [-0.05, 0) is 38.1 Å². The van der Waals surface area contributed by atoms with Gasteiger partial charge in [0.2, 0.25) is 5.88 Å². The Hall–Kier alpha value is -3.79. The normalized spacial score (nSPS) is 10.3. The predicted molar refractivity (Wildman–Crippen MR) is 102 cm³/mol. The number of aryl methyl sites for hydroxylation is 1. The largest absolute Gasteiger partial charge is 0.452 e. The fourth-order valence-corrected chi connectivity index (χ4v) is 2.92. The third-order valence-electron chi connectivity index (χ3n) is 4.23. The highest BCUT2D eigenvalue weighted by Gasteiger charge is 2.26. The maximum Gasteiger partial charge on any atom is 0.343 e. The minimum absolute atomic E-state index is 0.0294. The molecule has 2 heterocycles. The number of amides is 1. The number of carbonyl (C=O) groups excluding carboxylic acids is 2. The van der Waals surface area contributed by atoms with Crippen LogP contribution >= 0.6 is 0 Å². The van der Waals surface area contributed by atoms with E-state index in [0.29, 0.717) is 6.54 Å². The standard InChI is InChI=1S/C21H19N3O4/c1-3-24(16-9-5-4-6-10-16)18(25)14-27-21(26)19-15(2)28-20(17(19)13-22)23-11-7-8-12-23/h4-12H,3,14H2,1-2H3. The molecule has 1 amide bonds. The number of esters is 1. The van der Waals surface area contributed by atoms with Crippen molar-refractivity contribution in [3.05, 3.63) is 71.7 Å². The molecule has 7 nitrogen and oxygen atoms in total. The Morgan fingerprint density at radius 3 is 2.46 bits per heavy atom. The van der Waals surface area contributed by atoms with Crippen LogP contribution in [0.25, 0.3) is 5.88 Å². The highest BCUT2D eigenvalue weighted by Crippen LogP contribution is 2.26. The number of benzene rings is 1. The zero-order chi connectivity index (χ0) is 20.1. The number of aromatic nitrogens is 1. The molecular formula is C21H19N3O4.